The predicted octanol–water partition coefficient (Wildman–Crippen LogP) is 2.49. The van der Waals surface area contributed by atoms with Gasteiger partial charge < -0.3 is 15.1 Å². The summed E-state index contributed by atoms with van der Waals surface area (Å²) in [7, 11) is -3.90. The molecule has 2 aliphatic heterocycles. The Morgan fingerprint density at radius 2 is 1.72 bits per heavy atom. The van der Waals surface area contributed by atoms with E-state index in [1.807, 2.05) is 4.90 Å². The molecule has 1 aromatic carbocycles. The summed E-state index contributed by atoms with van der Waals surface area (Å²) in [4.78, 5) is 24.5. The maximum atomic E-state index is 14.4. The van der Waals surface area contributed by atoms with Crippen LogP contribution in [0.3, 0.4) is 0 Å². The lowest BCUT2D eigenvalue weighted by molar-refractivity contribution is -0.130. The minimum atomic E-state index is -3.90. The van der Waals surface area contributed by atoms with Crippen molar-refractivity contribution in [3.8, 4) is 0 Å². The number of aromatic nitrogens is 2. The van der Waals surface area contributed by atoms with Gasteiger partial charge in [0.05, 0.1) is 23.1 Å². The van der Waals surface area contributed by atoms with Gasteiger partial charge in [0.25, 0.3) is 0 Å². The maximum absolute atomic E-state index is 14.4. The van der Waals surface area contributed by atoms with Crippen LogP contribution in [0.15, 0.2) is 29.4 Å². The van der Waals surface area contributed by atoms with Crippen molar-refractivity contribution in [2.75, 3.05) is 36.1 Å². The lowest BCUT2D eigenvalue weighted by Gasteiger charge is -2.36. The highest BCUT2D eigenvalue weighted by Crippen LogP contribution is 2.28. The van der Waals surface area contributed by atoms with Gasteiger partial charge in [-0.3, -0.25) is 4.79 Å². The van der Waals surface area contributed by atoms with Crippen molar-refractivity contribution >= 4 is 39.0 Å². The summed E-state index contributed by atoms with van der Waals surface area (Å²) in [5, 5.41) is 3.21. The second-order valence-corrected chi connectivity index (χ2v) is 10.4. The van der Waals surface area contributed by atoms with E-state index in [1.54, 1.807) is 17.3 Å². The largest absolute Gasteiger partial charge is 0.371 e. The van der Waals surface area contributed by atoms with Crippen LogP contribution in [0.4, 0.5) is 20.4 Å². The molecule has 4 rings (SSSR count). The molecule has 1 aromatic heterocycles. The molecule has 0 saturated carbocycles. The highest BCUT2D eigenvalue weighted by Gasteiger charge is 2.38. The molecule has 1 atom stereocenters. The fourth-order valence-corrected chi connectivity index (χ4v) is 4.98. The second kappa shape index (κ2) is 8.78. The van der Waals surface area contributed by atoms with Crippen LogP contribution in [-0.2, 0) is 14.6 Å². The number of halogens is 3. The Labute approximate surface area is 189 Å². The molecule has 0 spiro atoms. The number of rotatable bonds is 5. The molecule has 12 heteroatoms. The SMILES string of the molecule is CS(=O)(=O)c1cc(F)c(N[C@H]2CCN(C3CCN(c4ncc(Cl)cn4)CC3)C2=O)cc1F. The first kappa shape index (κ1) is 22.7. The standard InChI is InChI=1S/C20H22ClF2N5O3S/c1-32(30,31)18-9-14(22)17(8-15(18)23)26-16-4-7-28(19(16)29)13-2-5-27(6-3-13)20-24-10-12(21)11-25-20/h8-11,13,16,26H,2-7H2,1H3/t16-/m0/s1. The summed E-state index contributed by atoms with van der Waals surface area (Å²) in [6.45, 7) is 1.87. The van der Waals surface area contributed by atoms with Crippen LogP contribution >= 0.6 is 11.6 Å². The zero-order chi connectivity index (χ0) is 23.0. The van der Waals surface area contributed by atoms with Gasteiger partial charge in [-0.25, -0.2) is 27.2 Å². The molecule has 0 radical (unpaired) electrons. The van der Waals surface area contributed by atoms with Gasteiger partial charge in [0.1, 0.15) is 22.6 Å². The van der Waals surface area contributed by atoms with Gasteiger partial charge in [0, 0.05) is 38.0 Å². The molecule has 0 unspecified atom stereocenters. The van der Waals surface area contributed by atoms with E-state index < -0.39 is 32.4 Å². The zero-order valence-corrected chi connectivity index (χ0v) is 18.8. The number of amides is 1. The number of sulfone groups is 1. The Morgan fingerprint density at radius 1 is 1.06 bits per heavy atom. The number of carbonyl (C=O) groups is 1. The summed E-state index contributed by atoms with van der Waals surface area (Å²) < 4.78 is 51.6. The van der Waals surface area contributed by atoms with E-state index in [2.05, 4.69) is 15.3 Å². The van der Waals surface area contributed by atoms with Gasteiger partial charge in [-0.1, -0.05) is 11.6 Å². The molecule has 1 amide bonds. The van der Waals surface area contributed by atoms with Gasteiger partial charge >= 0.3 is 0 Å². The molecule has 2 aliphatic rings. The second-order valence-electron chi connectivity index (χ2n) is 7.97. The van der Waals surface area contributed by atoms with E-state index in [9.17, 15) is 22.0 Å². The third-order valence-corrected chi connectivity index (χ3v) is 7.09. The highest BCUT2D eigenvalue weighted by molar-refractivity contribution is 7.90. The van der Waals surface area contributed by atoms with E-state index in [4.69, 9.17) is 11.6 Å². The molecule has 172 valence electrons. The fourth-order valence-electron chi connectivity index (χ4n) is 4.16. The smallest absolute Gasteiger partial charge is 0.245 e. The molecule has 2 saturated heterocycles. The number of hydrogen-bond acceptors (Lipinski definition) is 7. The number of anilines is 2. The Balaban J connectivity index is 1.39. The van der Waals surface area contributed by atoms with Crippen molar-refractivity contribution in [2.24, 2.45) is 0 Å². The van der Waals surface area contributed by atoms with Crippen LogP contribution in [0.1, 0.15) is 19.3 Å². The molecule has 1 N–H and O–H groups in total. The first-order valence-electron chi connectivity index (χ1n) is 10.1. The molecular formula is C20H22ClF2N5O3S. The quantitative estimate of drug-likeness (QED) is 0.695. The third kappa shape index (κ3) is 4.63. The van der Waals surface area contributed by atoms with E-state index in [0.29, 0.717) is 43.1 Å². The molecule has 2 aromatic rings. The summed E-state index contributed by atoms with van der Waals surface area (Å²) in [6.07, 6.45) is 5.79. The summed E-state index contributed by atoms with van der Waals surface area (Å²) in [5.74, 6) is -1.57. The van der Waals surface area contributed by atoms with Gasteiger partial charge in [0.15, 0.2) is 9.84 Å². The average molecular weight is 486 g/mol. The minimum Gasteiger partial charge on any atom is -0.371 e. The van der Waals surface area contributed by atoms with Crippen LogP contribution in [0, 0.1) is 11.6 Å². The van der Waals surface area contributed by atoms with Crippen molar-refractivity contribution < 1.29 is 22.0 Å². The molecule has 0 aliphatic carbocycles. The number of nitrogens with one attached hydrogen (secondary N) is 1. The first-order chi connectivity index (χ1) is 15.1. The predicted molar refractivity (Wildman–Crippen MR) is 115 cm³/mol. The van der Waals surface area contributed by atoms with Crippen LogP contribution in [0.25, 0.3) is 0 Å². The Morgan fingerprint density at radius 3 is 2.34 bits per heavy atom. The van der Waals surface area contributed by atoms with Crippen LogP contribution < -0.4 is 10.2 Å². The van der Waals surface area contributed by atoms with Crippen molar-refractivity contribution in [3.63, 3.8) is 0 Å². The maximum Gasteiger partial charge on any atom is 0.245 e. The number of piperidine rings is 1. The van der Waals surface area contributed by atoms with Crippen molar-refractivity contribution in [1.29, 1.82) is 0 Å². The normalized spacial score (nSPS) is 20.1. The minimum absolute atomic E-state index is 0.0343. The van der Waals surface area contributed by atoms with Gasteiger partial charge in [-0.2, -0.15) is 0 Å². The number of carbonyl (C=O) groups excluding carboxylic acids is 1. The molecule has 3 heterocycles. The van der Waals surface area contributed by atoms with Crippen LogP contribution in [-0.4, -0.2) is 67.2 Å². The van der Waals surface area contributed by atoms with Crippen molar-refractivity contribution in [1.82, 2.24) is 14.9 Å². The monoisotopic (exact) mass is 485 g/mol. The molecule has 2 fully saturated rings. The topological polar surface area (TPSA) is 95.5 Å². The van der Waals surface area contributed by atoms with E-state index in [-0.39, 0.29) is 17.6 Å². The molecule has 0 bridgehead atoms. The van der Waals surface area contributed by atoms with Gasteiger partial charge in [0.2, 0.25) is 11.9 Å². The van der Waals surface area contributed by atoms with Crippen LogP contribution in [0.5, 0.6) is 0 Å². The highest BCUT2D eigenvalue weighted by atomic mass is 35.5. The Bertz CT molecular complexity index is 1120. The first-order valence-corrected chi connectivity index (χ1v) is 12.4. The Hall–Kier alpha value is -2.53. The molecule has 8 nitrogen and oxygen atoms in total. The van der Waals surface area contributed by atoms with Gasteiger partial charge in [-0.15, -0.1) is 0 Å². The third-order valence-electron chi connectivity index (χ3n) is 5.79. The van der Waals surface area contributed by atoms with Gasteiger partial charge in [-0.05, 0) is 25.3 Å². The van der Waals surface area contributed by atoms with Crippen molar-refractivity contribution in [3.05, 3.63) is 41.2 Å². The van der Waals surface area contributed by atoms with Crippen molar-refractivity contribution in [2.45, 2.75) is 36.2 Å². The summed E-state index contributed by atoms with van der Waals surface area (Å²) in [5.41, 5.74) is -0.232. The van der Waals surface area contributed by atoms with Crippen LogP contribution in [0.2, 0.25) is 5.02 Å². The number of nitrogens with zero attached hydrogens (tertiary/aromatic N) is 4. The number of likely N-dealkylation sites (tertiary alicyclic amines) is 1. The lowest BCUT2D eigenvalue weighted by atomic mass is 10.0. The fraction of sp³-hybridized carbons (Fsp3) is 0.450. The number of hydrogen-bond donors (Lipinski definition) is 1. The molecule has 32 heavy (non-hydrogen) atoms. The summed E-state index contributed by atoms with van der Waals surface area (Å²) in [6, 6.07) is 0.753. The molecular weight excluding hydrogens is 464 g/mol. The number of benzene rings is 1. The summed E-state index contributed by atoms with van der Waals surface area (Å²) >= 11 is 5.83. The van der Waals surface area contributed by atoms with E-state index in [0.717, 1.165) is 25.2 Å². The average Bonchev–Trinajstić information content (AvgIpc) is 3.10. The Kier molecular flexibility index (Phi) is 6.22. The lowest BCUT2D eigenvalue weighted by Crippen LogP contribution is -2.47. The zero-order valence-electron chi connectivity index (χ0n) is 17.3. The van der Waals surface area contributed by atoms with E-state index in [1.165, 1.54) is 0 Å². The van der Waals surface area contributed by atoms with E-state index >= 15 is 0 Å².